The summed E-state index contributed by atoms with van der Waals surface area (Å²) < 4.78 is 13.5. The van der Waals surface area contributed by atoms with E-state index in [9.17, 15) is 9.18 Å². The van der Waals surface area contributed by atoms with Gasteiger partial charge in [-0.3, -0.25) is 9.78 Å². The Bertz CT molecular complexity index is 1360. The Kier molecular flexibility index (Phi) is 4.56. The lowest BCUT2D eigenvalue weighted by atomic mass is 9.81. The standard InChI is InChI=1S/C24H22FN7O/c1-15-2-5-21(32-27-7-8-28-32)18(14-33)24(15)30-9-6-16-12-31(22(16)13-30)23-11-26-20-10-17(25)3-4-19(20)29-23/h2-5,7-8,10-11,14,16,22H,6,9,12-13H2,1H3/t16-,22-/m1/s1. The summed E-state index contributed by atoms with van der Waals surface area (Å²) in [6.45, 7) is 4.62. The highest BCUT2D eigenvalue weighted by Crippen LogP contribution is 2.39. The molecular weight excluding hydrogens is 421 g/mol. The van der Waals surface area contributed by atoms with Crippen molar-refractivity contribution in [2.24, 2.45) is 5.92 Å². The molecule has 2 fully saturated rings. The first-order valence-corrected chi connectivity index (χ1v) is 11.0. The molecule has 0 spiro atoms. The average Bonchev–Trinajstić information content (AvgIpc) is 3.34. The smallest absolute Gasteiger partial charge is 0.154 e. The first-order valence-electron chi connectivity index (χ1n) is 11.0. The largest absolute Gasteiger partial charge is 0.369 e. The second kappa shape index (κ2) is 7.61. The van der Waals surface area contributed by atoms with Crippen molar-refractivity contribution in [1.82, 2.24) is 25.0 Å². The molecule has 4 heterocycles. The van der Waals surface area contributed by atoms with E-state index in [-0.39, 0.29) is 11.9 Å². The number of halogens is 1. The van der Waals surface area contributed by atoms with Crippen LogP contribution in [0.15, 0.2) is 48.9 Å². The molecule has 2 aromatic heterocycles. The molecule has 0 N–H and O–H groups in total. The normalized spacial score (nSPS) is 19.9. The minimum Gasteiger partial charge on any atom is -0.369 e. The second-order valence-electron chi connectivity index (χ2n) is 8.68. The molecule has 2 atom stereocenters. The van der Waals surface area contributed by atoms with Crippen molar-refractivity contribution in [3.63, 3.8) is 0 Å². The number of hydrogen-bond donors (Lipinski definition) is 0. The maximum atomic E-state index is 13.5. The van der Waals surface area contributed by atoms with Crippen LogP contribution in [0, 0.1) is 18.7 Å². The van der Waals surface area contributed by atoms with E-state index in [2.05, 4.69) is 25.0 Å². The maximum absolute atomic E-state index is 13.5. The van der Waals surface area contributed by atoms with Gasteiger partial charge in [-0.1, -0.05) is 6.07 Å². The van der Waals surface area contributed by atoms with E-state index in [1.807, 2.05) is 19.1 Å². The predicted octanol–water partition coefficient (Wildman–Crippen LogP) is 3.19. The lowest BCUT2D eigenvalue weighted by Crippen LogP contribution is -2.65. The van der Waals surface area contributed by atoms with Gasteiger partial charge in [-0.2, -0.15) is 15.0 Å². The van der Waals surface area contributed by atoms with Crippen LogP contribution in [0.5, 0.6) is 0 Å². The van der Waals surface area contributed by atoms with Gasteiger partial charge >= 0.3 is 0 Å². The number of rotatable bonds is 4. The number of piperidine rings is 1. The fraction of sp³-hybridized carbons (Fsp3) is 0.292. The summed E-state index contributed by atoms with van der Waals surface area (Å²) in [5.41, 5.74) is 4.49. The molecule has 0 saturated carbocycles. The molecule has 2 aliphatic rings. The number of aryl methyl sites for hydroxylation is 1. The summed E-state index contributed by atoms with van der Waals surface area (Å²) >= 11 is 0. The van der Waals surface area contributed by atoms with Gasteiger partial charge in [0.05, 0.1) is 52.6 Å². The Morgan fingerprint density at radius 1 is 1.09 bits per heavy atom. The lowest BCUT2D eigenvalue weighted by molar-refractivity contribution is 0.112. The molecule has 8 nitrogen and oxygen atoms in total. The van der Waals surface area contributed by atoms with Gasteiger partial charge in [0.25, 0.3) is 0 Å². The molecule has 0 amide bonds. The van der Waals surface area contributed by atoms with Crippen molar-refractivity contribution in [3.8, 4) is 5.69 Å². The van der Waals surface area contributed by atoms with Gasteiger partial charge in [-0.25, -0.2) is 9.37 Å². The molecule has 2 aromatic carbocycles. The SMILES string of the molecule is Cc1ccc(-n2nccn2)c(C=O)c1N1CC[C@@H]2CN(c3cnc4cc(F)ccc4n3)[C@@H]2C1. The highest BCUT2D eigenvalue weighted by Gasteiger charge is 2.44. The zero-order valence-electron chi connectivity index (χ0n) is 18.1. The van der Waals surface area contributed by atoms with E-state index in [1.165, 1.54) is 16.9 Å². The van der Waals surface area contributed by atoms with Crippen LogP contribution in [-0.4, -0.2) is 56.9 Å². The molecule has 0 radical (unpaired) electrons. The molecule has 4 aromatic rings. The van der Waals surface area contributed by atoms with Crippen molar-refractivity contribution < 1.29 is 9.18 Å². The third kappa shape index (κ3) is 3.23. The zero-order chi connectivity index (χ0) is 22.5. The van der Waals surface area contributed by atoms with E-state index < -0.39 is 0 Å². The van der Waals surface area contributed by atoms with E-state index >= 15 is 0 Å². The number of carbonyl (C=O) groups is 1. The number of hydrogen-bond acceptors (Lipinski definition) is 7. The van der Waals surface area contributed by atoms with Crippen LogP contribution >= 0.6 is 0 Å². The molecule has 0 aliphatic carbocycles. The molecule has 0 bridgehead atoms. The van der Waals surface area contributed by atoms with Gasteiger partial charge < -0.3 is 9.80 Å². The van der Waals surface area contributed by atoms with E-state index in [0.29, 0.717) is 28.2 Å². The summed E-state index contributed by atoms with van der Waals surface area (Å²) in [6.07, 6.45) is 6.87. The molecular formula is C24H22FN7O. The Labute approximate surface area is 189 Å². The number of anilines is 2. The third-order valence-corrected chi connectivity index (χ3v) is 6.80. The summed E-state index contributed by atoms with van der Waals surface area (Å²) in [5, 5.41) is 8.42. The zero-order valence-corrected chi connectivity index (χ0v) is 18.1. The van der Waals surface area contributed by atoms with Crippen molar-refractivity contribution in [3.05, 3.63) is 65.9 Å². The van der Waals surface area contributed by atoms with Crippen LogP contribution in [0.25, 0.3) is 16.7 Å². The highest BCUT2D eigenvalue weighted by atomic mass is 19.1. The van der Waals surface area contributed by atoms with Crippen molar-refractivity contribution >= 4 is 28.8 Å². The maximum Gasteiger partial charge on any atom is 0.154 e. The lowest BCUT2D eigenvalue weighted by Gasteiger charge is -2.54. The predicted molar refractivity (Wildman–Crippen MR) is 122 cm³/mol. The van der Waals surface area contributed by atoms with E-state index in [1.54, 1.807) is 24.7 Å². The number of benzene rings is 2. The second-order valence-corrected chi connectivity index (χ2v) is 8.68. The van der Waals surface area contributed by atoms with Gasteiger partial charge in [0, 0.05) is 31.6 Å². The summed E-state index contributed by atoms with van der Waals surface area (Å²) in [5.74, 6) is 1.06. The van der Waals surface area contributed by atoms with Gasteiger partial charge in [0.15, 0.2) is 6.29 Å². The number of aromatic nitrogens is 5. The number of nitrogens with zero attached hydrogens (tertiary/aromatic N) is 7. The van der Waals surface area contributed by atoms with Gasteiger partial charge in [-0.15, -0.1) is 0 Å². The number of carbonyl (C=O) groups excluding carboxylic acids is 1. The van der Waals surface area contributed by atoms with Crippen LogP contribution in [0.4, 0.5) is 15.9 Å². The van der Waals surface area contributed by atoms with Crippen molar-refractivity contribution in [2.75, 3.05) is 29.4 Å². The molecule has 9 heteroatoms. The topological polar surface area (TPSA) is 80.0 Å². The Hall–Kier alpha value is -3.88. The summed E-state index contributed by atoms with van der Waals surface area (Å²) in [4.78, 5) is 27.4. The quantitative estimate of drug-likeness (QED) is 0.448. The van der Waals surface area contributed by atoms with Gasteiger partial charge in [-0.05, 0) is 37.1 Å². The highest BCUT2D eigenvalue weighted by molar-refractivity contribution is 5.91. The van der Waals surface area contributed by atoms with Crippen LogP contribution < -0.4 is 9.80 Å². The first-order chi connectivity index (χ1) is 16.1. The molecule has 6 rings (SSSR count). The van der Waals surface area contributed by atoms with E-state index in [0.717, 1.165) is 49.4 Å². The molecule has 2 saturated heterocycles. The van der Waals surface area contributed by atoms with Crippen LogP contribution in [-0.2, 0) is 0 Å². The monoisotopic (exact) mass is 443 g/mol. The van der Waals surface area contributed by atoms with Gasteiger partial charge in [0.1, 0.15) is 11.6 Å². The average molecular weight is 443 g/mol. The van der Waals surface area contributed by atoms with E-state index in [4.69, 9.17) is 4.98 Å². The number of aldehydes is 1. The van der Waals surface area contributed by atoms with Crippen LogP contribution in [0.2, 0.25) is 0 Å². The Morgan fingerprint density at radius 2 is 1.94 bits per heavy atom. The van der Waals surface area contributed by atoms with Crippen molar-refractivity contribution in [1.29, 1.82) is 0 Å². The van der Waals surface area contributed by atoms with Crippen LogP contribution in [0.1, 0.15) is 22.3 Å². The summed E-state index contributed by atoms with van der Waals surface area (Å²) in [7, 11) is 0. The minimum atomic E-state index is -0.314. The van der Waals surface area contributed by atoms with Gasteiger partial charge in [0.2, 0.25) is 0 Å². The molecule has 33 heavy (non-hydrogen) atoms. The first kappa shape index (κ1) is 19.8. The fourth-order valence-corrected chi connectivity index (χ4v) is 5.13. The minimum absolute atomic E-state index is 0.274. The molecule has 2 aliphatic heterocycles. The Morgan fingerprint density at radius 3 is 2.76 bits per heavy atom. The fourth-order valence-electron chi connectivity index (χ4n) is 5.13. The van der Waals surface area contributed by atoms with Crippen molar-refractivity contribution in [2.45, 2.75) is 19.4 Å². The molecule has 0 unspecified atom stereocenters. The van der Waals surface area contributed by atoms with Crippen LogP contribution in [0.3, 0.4) is 0 Å². The summed E-state index contributed by atoms with van der Waals surface area (Å²) in [6, 6.07) is 8.65. The molecule has 166 valence electrons. The Balaban J connectivity index is 1.31. The number of fused-ring (bicyclic) bond motifs is 2. The third-order valence-electron chi connectivity index (χ3n) is 6.80.